The number of nitrogens with one attached hydrogen (secondary N) is 1. The van der Waals surface area contributed by atoms with E-state index >= 15 is 0 Å². The quantitative estimate of drug-likeness (QED) is 0.839. The first-order chi connectivity index (χ1) is 10.1. The minimum atomic E-state index is 0.692. The van der Waals surface area contributed by atoms with Gasteiger partial charge in [-0.25, -0.2) is 0 Å². The van der Waals surface area contributed by atoms with E-state index in [2.05, 4.69) is 17.4 Å². The molecular formula is C18H20ClNO. The number of rotatable bonds is 5. The van der Waals surface area contributed by atoms with E-state index in [9.17, 15) is 0 Å². The van der Waals surface area contributed by atoms with Gasteiger partial charge in [0.15, 0.2) is 0 Å². The molecule has 1 aliphatic rings. The Kier molecular flexibility index (Phi) is 4.18. The lowest BCUT2D eigenvalue weighted by molar-refractivity contribution is 0.465. The first kappa shape index (κ1) is 14.4. The SMILES string of the molecule is Cc1cc(Cl)cc(C)c1Oc1ccccc1CNC1CC1. The molecule has 3 heteroatoms. The minimum Gasteiger partial charge on any atom is -0.456 e. The summed E-state index contributed by atoms with van der Waals surface area (Å²) in [5.41, 5.74) is 3.31. The summed E-state index contributed by atoms with van der Waals surface area (Å²) in [5, 5.41) is 4.29. The molecule has 2 aromatic carbocycles. The Balaban J connectivity index is 1.84. The van der Waals surface area contributed by atoms with Gasteiger partial charge in [0.2, 0.25) is 0 Å². The molecule has 0 bridgehead atoms. The van der Waals surface area contributed by atoms with Crippen molar-refractivity contribution in [3.05, 3.63) is 58.1 Å². The van der Waals surface area contributed by atoms with Crippen molar-refractivity contribution in [2.45, 2.75) is 39.3 Å². The van der Waals surface area contributed by atoms with Crippen LogP contribution in [-0.4, -0.2) is 6.04 Å². The van der Waals surface area contributed by atoms with Crippen LogP contribution in [0, 0.1) is 13.8 Å². The van der Waals surface area contributed by atoms with E-state index in [1.807, 2.05) is 38.1 Å². The van der Waals surface area contributed by atoms with Crippen LogP contribution in [0.5, 0.6) is 11.5 Å². The average Bonchev–Trinajstić information content (AvgIpc) is 3.25. The zero-order valence-corrected chi connectivity index (χ0v) is 13.2. The number of hydrogen-bond acceptors (Lipinski definition) is 2. The highest BCUT2D eigenvalue weighted by Gasteiger charge is 2.20. The second kappa shape index (κ2) is 6.08. The number of benzene rings is 2. The Hall–Kier alpha value is -1.51. The van der Waals surface area contributed by atoms with Gasteiger partial charge in [0.25, 0.3) is 0 Å². The highest BCUT2D eigenvalue weighted by atomic mass is 35.5. The normalized spacial score (nSPS) is 14.2. The summed E-state index contributed by atoms with van der Waals surface area (Å²) in [6.07, 6.45) is 2.58. The van der Waals surface area contributed by atoms with Gasteiger partial charge in [-0.1, -0.05) is 29.8 Å². The molecule has 0 atom stereocenters. The van der Waals surface area contributed by atoms with Gasteiger partial charge in [-0.15, -0.1) is 0 Å². The van der Waals surface area contributed by atoms with Gasteiger partial charge in [0.05, 0.1) is 0 Å². The average molecular weight is 302 g/mol. The second-order valence-electron chi connectivity index (χ2n) is 5.73. The Bertz CT molecular complexity index is 626. The molecule has 1 aliphatic carbocycles. The third-order valence-corrected chi connectivity index (χ3v) is 3.99. The topological polar surface area (TPSA) is 21.3 Å². The fourth-order valence-corrected chi connectivity index (χ4v) is 2.79. The maximum atomic E-state index is 6.18. The van der Waals surface area contributed by atoms with Gasteiger partial charge >= 0.3 is 0 Å². The molecule has 3 rings (SSSR count). The summed E-state index contributed by atoms with van der Waals surface area (Å²) < 4.78 is 6.18. The van der Waals surface area contributed by atoms with Crippen molar-refractivity contribution in [3.8, 4) is 11.5 Å². The molecule has 2 nitrogen and oxygen atoms in total. The number of hydrogen-bond donors (Lipinski definition) is 1. The molecule has 0 amide bonds. The van der Waals surface area contributed by atoms with E-state index in [1.165, 1.54) is 18.4 Å². The van der Waals surface area contributed by atoms with E-state index in [0.717, 1.165) is 34.2 Å². The molecule has 110 valence electrons. The summed E-state index contributed by atoms with van der Waals surface area (Å²) in [7, 11) is 0. The molecule has 21 heavy (non-hydrogen) atoms. The summed E-state index contributed by atoms with van der Waals surface area (Å²) in [6.45, 7) is 4.91. The zero-order chi connectivity index (χ0) is 14.8. The maximum Gasteiger partial charge on any atom is 0.133 e. The van der Waals surface area contributed by atoms with Crippen LogP contribution in [0.2, 0.25) is 5.02 Å². The van der Waals surface area contributed by atoms with Crippen molar-refractivity contribution in [1.82, 2.24) is 5.32 Å². The van der Waals surface area contributed by atoms with Gasteiger partial charge in [-0.2, -0.15) is 0 Å². The first-order valence-electron chi connectivity index (χ1n) is 7.39. The third-order valence-electron chi connectivity index (χ3n) is 3.77. The van der Waals surface area contributed by atoms with E-state index in [4.69, 9.17) is 16.3 Å². The maximum absolute atomic E-state index is 6.18. The molecule has 0 radical (unpaired) electrons. The van der Waals surface area contributed by atoms with Crippen LogP contribution in [0.4, 0.5) is 0 Å². The largest absolute Gasteiger partial charge is 0.456 e. The van der Waals surface area contributed by atoms with Gasteiger partial charge in [-0.3, -0.25) is 0 Å². The Labute approximate surface area is 131 Å². The fourth-order valence-electron chi connectivity index (χ4n) is 2.46. The van der Waals surface area contributed by atoms with Gasteiger partial charge in [-0.05, 0) is 56.0 Å². The molecule has 0 spiro atoms. The lowest BCUT2D eigenvalue weighted by Crippen LogP contribution is -2.15. The number of aryl methyl sites for hydroxylation is 2. The highest BCUT2D eigenvalue weighted by molar-refractivity contribution is 6.30. The van der Waals surface area contributed by atoms with E-state index < -0.39 is 0 Å². The van der Waals surface area contributed by atoms with Gasteiger partial charge < -0.3 is 10.1 Å². The molecule has 0 heterocycles. The van der Waals surface area contributed by atoms with Crippen molar-refractivity contribution in [2.24, 2.45) is 0 Å². The van der Waals surface area contributed by atoms with E-state index in [0.29, 0.717) is 6.04 Å². The third kappa shape index (κ3) is 3.58. The Morgan fingerprint density at radius 2 is 1.81 bits per heavy atom. The molecule has 0 unspecified atom stereocenters. The van der Waals surface area contributed by atoms with Crippen LogP contribution in [0.25, 0.3) is 0 Å². The molecule has 2 aromatic rings. The van der Waals surface area contributed by atoms with Crippen LogP contribution >= 0.6 is 11.6 Å². The minimum absolute atomic E-state index is 0.692. The predicted molar refractivity (Wildman–Crippen MR) is 87.3 cm³/mol. The lowest BCUT2D eigenvalue weighted by atomic mass is 10.1. The Morgan fingerprint density at radius 1 is 1.14 bits per heavy atom. The molecule has 1 N–H and O–H groups in total. The van der Waals surface area contributed by atoms with Crippen molar-refractivity contribution < 1.29 is 4.74 Å². The van der Waals surface area contributed by atoms with Crippen molar-refractivity contribution in [1.29, 1.82) is 0 Å². The zero-order valence-electron chi connectivity index (χ0n) is 12.4. The standard InChI is InChI=1S/C18H20ClNO/c1-12-9-15(19)10-13(2)18(12)21-17-6-4-3-5-14(17)11-20-16-7-8-16/h3-6,9-10,16,20H,7-8,11H2,1-2H3. The summed E-state index contributed by atoms with van der Waals surface area (Å²) >= 11 is 6.08. The van der Waals surface area contributed by atoms with Crippen LogP contribution in [0.1, 0.15) is 29.5 Å². The molecule has 0 aliphatic heterocycles. The summed E-state index contributed by atoms with van der Waals surface area (Å²) in [5.74, 6) is 1.82. The van der Waals surface area contributed by atoms with E-state index in [1.54, 1.807) is 0 Å². The number of halogens is 1. The summed E-state index contributed by atoms with van der Waals surface area (Å²) in [4.78, 5) is 0. The van der Waals surface area contributed by atoms with E-state index in [-0.39, 0.29) is 0 Å². The van der Waals surface area contributed by atoms with Crippen LogP contribution < -0.4 is 10.1 Å². The smallest absolute Gasteiger partial charge is 0.133 e. The molecule has 0 aromatic heterocycles. The lowest BCUT2D eigenvalue weighted by Gasteiger charge is -2.15. The Morgan fingerprint density at radius 3 is 2.48 bits per heavy atom. The molecule has 0 saturated heterocycles. The van der Waals surface area contributed by atoms with Gasteiger partial charge in [0.1, 0.15) is 11.5 Å². The molecule has 1 saturated carbocycles. The fraction of sp³-hybridized carbons (Fsp3) is 0.333. The molecular weight excluding hydrogens is 282 g/mol. The van der Waals surface area contributed by atoms with Crippen LogP contribution in [-0.2, 0) is 6.54 Å². The first-order valence-corrected chi connectivity index (χ1v) is 7.77. The summed E-state index contributed by atoms with van der Waals surface area (Å²) in [6, 6.07) is 12.8. The molecule has 1 fully saturated rings. The second-order valence-corrected chi connectivity index (χ2v) is 6.17. The van der Waals surface area contributed by atoms with Gasteiger partial charge in [0, 0.05) is 23.2 Å². The van der Waals surface area contributed by atoms with Crippen molar-refractivity contribution in [2.75, 3.05) is 0 Å². The highest BCUT2D eigenvalue weighted by Crippen LogP contribution is 2.33. The predicted octanol–water partition coefficient (Wildman–Crippen LogP) is 5.00. The van der Waals surface area contributed by atoms with Crippen molar-refractivity contribution >= 4 is 11.6 Å². The van der Waals surface area contributed by atoms with Crippen LogP contribution in [0.3, 0.4) is 0 Å². The van der Waals surface area contributed by atoms with Crippen LogP contribution in [0.15, 0.2) is 36.4 Å². The van der Waals surface area contributed by atoms with Crippen molar-refractivity contribution in [3.63, 3.8) is 0 Å². The number of para-hydroxylation sites is 1. The monoisotopic (exact) mass is 301 g/mol. The number of ether oxygens (including phenoxy) is 1.